The first kappa shape index (κ1) is 10.3. The molecule has 0 bridgehead atoms. The SMILES string of the molecule is C=COC(=O)C(=C)c1cccc(C)c1. The van der Waals surface area contributed by atoms with Crippen LogP contribution in [0.2, 0.25) is 0 Å². The van der Waals surface area contributed by atoms with Crippen LogP contribution < -0.4 is 0 Å². The predicted octanol–water partition coefficient (Wildman–Crippen LogP) is 2.69. The predicted molar refractivity (Wildman–Crippen MR) is 56.5 cm³/mol. The molecule has 0 spiro atoms. The summed E-state index contributed by atoms with van der Waals surface area (Å²) in [5.41, 5.74) is 2.19. The van der Waals surface area contributed by atoms with Crippen molar-refractivity contribution in [3.8, 4) is 0 Å². The molecular formula is C12H12O2. The third-order valence-corrected chi connectivity index (χ3v) is 1.80. The Morgan fingerprint density at radius 2 is 2.21 bits per heavy atom. The molecule has 0 saturated heterocycles. The summed E-state index contributed by atoms with van der Waals surface area (Å²) in [5, 5.41) is 0. The molecule has 0 heterocycles. The molecule has 0 amide bonds. The molecule has 2 heteroatoms. The van der Waals surface area contributed by atoms with Gasteiger partial charge in [0.1, 0.15) is 0 Å². The Bertz CT molecular complexity index is 378. The minimum Gasteiger partial charge on any atom is -0.432 e. The van der Waals surface area contributed by atoms with Crippen LogP contribution in [0.4, 0.5) is 0 Å². The molecule has 0 aliphatic rings. The van der Waals surface area contributed by atoms with Crippen molar-refractivity contribution >= 4 is 11.5 Å². The van der Waals surface area contributed by atoms with E-state index in [1.807, 2.05) is 31.2 Å². The fraction of sp³-hybridized carbons (Fsp3) is 0.0833. The van der Waals surface area contributed by atoms with Gasteiger partial charge in [-0.15, -0.1) is 0 Å². The molecule has 14 heavy (non-hydrogen) atoms. The number of carbonyl (C=O) groups excluding carboxylic acids is 1. The maximum atomic E-state index is 11.3. The van der Waals surface area contributed by atoms with Crippen molar-refractivity contribution in [2.75, 3.05) is 0 Å². The van der Waals surface area contributed by atoms with E-state index in [4.69, 9.17) is 0 Å². The maximum absolute atomic E-state index is 11.3. The molecule has 2 nitrogen and oxygen atoms in total. The first-order valence-electron chi connectivity index (χ1n) is 4.23. The maximum Gasteiger partial charge on any atom is 0.342 e. The van der Waals surface area contributed by atoms with Crippen molar-refractivity contribution in [1.82, 2.24) is 0 Å². The van der Waals surface area contributed by atoms with E-state index in [9.17, 15) is 4.79 Å². The van der Waals surface area contributed by atoms with Crippen LogP contribution in [-0.4, -0.2) is 5.97 Å². The summed E-state index contributed by atoms with van der Waals surface area (Å²) in [6, 6.07) is 7.53. The Morgan fingerprint density at radius 3 is 2.79 bits per heavy atom. The summed E-state index contributed by atoms with van der Waals surface area (Å²) < 4.78 is 4.62. The van der Waals surface area contributed by atoms with Crippen molar-refractivity contribution in [3.63, 3.8) is 0 Å². The van der Waals surface area contributed by atoms with Gasteiger partial charge in [-0.05, 0) is 12.5 Å². The fourth-order valence-corrected chi connectivity index (χ4v) is 1.10. The molecule has 0 aliphatic heterocycles. The number of benzene rings is 1. The van der Waals surface area contributed by atoms with Gasteiger partial charge in [-0.25, -0.2) is 4.79 Å². The largest absolute Gasteiger partial charge is 0.432 e. The zero-order valence-corrected chi connectivity index (χ0v) is 8.12. The Hall–Kier alpha value is -1.83. The van der Waals surface area contributed by atoms with Crippen LogP contribution in [-0.2, 0) is 9.53 Å². The quantitative estimate of drug-likeness (QED) is 0.414. The van der Waals surface area contributed by atoms with Gasteiger partial charge in [0.05, 0.1) is 11.8 Å². The van der Waals surface area contributed by atoms with E-state index in [2.05, 4.69) is 17.9 Å². The highest BCUT2D eigenvalue weighted by Gasteiger charge is 2.09. The lowest BCUT2D eigenvalue weighted by Crippen LogP contribution is -2.01. The van der Waals surface area contributed by atoms with Crippen molar-refractivity contribution in [1.29, 1.82) is 0 Å². The summed E-state index contributed by atoms with van der Waals surface area (Å²) >= 11 is 0. The third-order valence-electron chi connectivity index (χ3n) is 1.80. The fourth-order valence-electron chi connectivity index (χ4n) is 1.10. The molecule has 72 valence electrons. The van der Waals surface area contributed by atoms with Crippen LogP contribution in [0.5, 0.6) is 0 Å². The molecule has 0 atom stereocenters. The molecule has 0 radical (unpaired) electrons. The van der Waals surface area contributed by atoms with E-state index in [1.165, 1.54) is 0 Å². The molecule has 0 N–H and O–H groups in total. The first-order chi connectivity index (χ1) is 6.65. The van der Waals surface area contributed by atoms with Crippen LogP contribution >= 0.6 is 0 Å². The van der Waals surface area contributed by atoms with E-state index in [0.717, 1.165) is 17.4 Å². The van der Waals surface area contributed by atoms with Crippen LogP contribution in [0.3, 0.4) is 0 Å². The first-order valence-corrected chi connectivity index (χ1v) is 4.23. The number of aryl methyl sites for hydroxylation is 1. The van der Waals surface area contributed by atoms with Gasteiger partial charge in [0.25, 0.3) is 0 Å². The van der Waals surface area contributed by atoms with Gasteiger partial charge in [-0.3, -0.25) is 0 Å². The van der Waals surface area contributed by atoms with Gasteiger partial charge < -0.3 is 4.74 Å². The van der Waals surface area contributed by atoms with E-state index in [0.29, 0.717) is 5.57 Å². The summed E-state index contributed by atoms with van der Waals surface area (Å²) in [6.07, 6.45) is 1.10. The van der Waals surface area contributed by atoms with Gasteiger partial charge >= 0.3 is 5.97 Å². The number of ether oxygens (including phenoxy) is 1. The smallest absolute Gasteiger partial charge is 0.342 e. The zero-order chi connectivity index (χ0) is 10.6. The van der Waals surface area contributed by atoms with Gasteiger partial charge in [0, 0.05) is 0 Å². The van der Waals surface area contributed by atoms with Crippen molar-refractivity contribution in [2.45, 2.75) is 6.92 Å². The number of carbonyl (C=O) groups is 1. The average Bonchev–Trinajstić information content (AvgIpc) is 2.17. The van der Waals surface area contributed by atoms with Crippen LogP contribution in [0.1, 0.15) is 11.1 Å². The Kier molecular flexibility index (Phi) is 3.24. The standard InChI is InChI=1S/C12H12O2/c1-4-14-12(13)10(3)11-7-5-6-9(2)8-11/h4-8H,1,3H2,2H3. The van der Waals surface area contributed by atoms with Crippen LogP contribution in [0, 0.1) is 6.92 Å². The Balaban J connectivity index is 2.89. The van der Waals surface area contributed by atoms with Gasteiger partial charge in [0.2, 0.25) is 0 Å². The molecule has 0 unspecified atom stereocenters. The second kappa shape index (κ2) is 4.42. The highest BCUT2D eigenvalue weighted by molar-refractivity contribution is 6.15. The normalized spacial score (nSPS) is 9.21. The molecular weight excluding hydrogens is 176 g/mol. The number of rotatable bonds is 3. The molecule has 0 saturated carbocycles. The van der Waals surface area contributed by atoms with E-state index in [1.54, 1.807) is 0 Å². The minimum atomic E-state index is -0.467. The highest BCUT2D eigenvalue weighted by atomic mass is 16.5. The summed E-state index contributed by atoms with van der Waals surface area (Å²) in [4.78, 5) is 11.3. The van der Waals surface area contributed by atoms with Gasteiger partial charge in [0.15, 0.2) is 0 Å². The lowest BCUT2D eigenvalue weighted by atomic mass is 10.1. The summed E-state index contributed by atoms with van der Waals surface area (Å²) in [6.45, 7) is 8.93. The second-order valence-corrected chi connectivity index (χ2v) is 2.92. The van der Waals surface area contributed by atoms with E-state index >= 15 is 0 Å². The topological polar surface area (TPSA) is 26.3 Å². The van der Waals surface area contributed by atoms with Crippen molar-refractivity contribution in [3.05, 3.63) is 54.8 Å². The molecule has 1 aromatic rings. The number of hydrogen-bond donors (Lipinski definition) is 0. The lowest BCUT2D eigenvalue weighted by Gasteiger charge is -2.03. The zero-order valence-electron chi connectivity index (χ0n) is 8.12. The minimum absolute atomic E-state index is 0.341. The summed E-state index contributed by atoms with van der Waals surface area (Å²) in [7, 11) is 0. The molecule has 0 fully saturated rings. The van der Waals surface area contributed by atoms with E-state index in [-0.39, 0.29) is 0 Å². The molecule has 0 aliphatic carbocycles. The average molecular weight is 188 g/mol. The van der Waals surface area contributed by atoms with Crippen LogP contribution in [0.15, 0.2) is 43.7 Å². The Morgan fingerprint density at radius 1 is 1.50 bits per heavy atom. The highest BCUT2D eigenvalue weighted by Crippen LogP contribution is 2.15. The lowest BCUT2D eigenvalue weighted by molar-refractivity contribution is -0.131. The van der Waals surface area contributed by atoms with Crippen molar-refractivity contribution < 1.29 is 9.53 Å². The second-order valence-electron chi connectivity index (χ2n) is 2.92. The monoisotopic (exact) mass is 188 g/mol. The molecule has 1 rings (SSSR count). The van der Waals surface area contributed by atoms with E-state index < -0.39 is 5.97 Å². The Labute approximate surface area is 83.5 Å². The number of esters is 1. The molecule has 1 aromatic carbocycles. The summed E-state index contributed by atoms with van der Waals surface area (Å²) in [5.74, 6) is -0.467. The number of hydrogen-bond acceptors (Lipinski definition) is 2. The molecule has 0 aromatic heterocycles. The third kappa shape index (κ3) is 2.33. The van der Waals surface area contributed by atoms with Crippen molar-refractivity contribution in [2.24, 2.45) is 0 Å². The van der Waals surface area contributed by atoms with Gasteiger partial charge in [-0.1, -0.05) is 43.0 Å². The van der Waals surface area contributed by atoms with Gasteiger partial charge in [-0.2, -0.15) is 0 Å². The van der Waals surface area contributed by atoms with Crippen LogP contribution in [0.25, 0.3) is 5.57 Å².